The normalized spacial score (nSPS) is 15.8. The molecule has 1 atom stereocenters. The number of sulfonamides is 1. The highest BCUT2D eigenvalue weighted by Crippen LogP contribution is 2.24. The highest BCUT2D eigenvalue weighted by atomic mass is 32.2. The van der Waals surface area contributed by atoms with Crippen LogP contribution in [-0.4, -0.2) is 71.8 Å². The standard InChI is InChI=1S/C22H28FN3O5S/c1-30-20-8-7-18(23)16-21(20)32(28,29)25-19(15-17-5-3-2-4-6-17)22(27)24-9-10-26-11-13-31-14-12-26/h2-8,16,19,25H,9-15H2,1H3,(H,24,27). The highest BCUT2D eigenvalue weighted by molar-refractivity contribution is 7.89. The molecular formula is C22H28FN3O5S. The van der Waals surface area contributed by atoms with Crippen LogP contribution >= 0.6 is 0 Å². The number of carbonyl (C=O) groups excluding carboxylic acids is 1. The molecule has 32 heavy (non-hydrogen) atoms. The summed E-state index contributed by atoms with van der Waals surface area (Å²) in [6.07, 6.45) is 0.140. The van der Waals surface area contributed by atoms with Gasteiger partial charge in [-0.25, -0.2) is 12.8 Å². The van der Waals surface area contributed by atoms with E-state index in [1.54, 1.807) is 0 Å². The molecule has 0 radical (unpaired) electrons. The summed E-state index contributed by atoms with van der Waals surface area (Å²) >= 11 is 0. The van der Waals surface area contributed by atoms with Crippen molar-refractivity contribution in [3.8, 4) is 5.75 Å². The van der Waals surface area contributed by atoms with Crippen molar-refractivity contribution in [1.82, 2.24) is 14.9 Å². The van der Waals surface area contributed by atoms with Gasteiger partial charge in [0.25, 0.3) is 0 Å². The second-order valence-corrected chi connectivity index (χ2v) is 9.09. The molecule has 8 nitrogen and oxygen atoms in total. The molecule has 0 aliphatic carbocycles. The van der Waals surface area contributed by atoms with Crippen LogP contribution < -0.4 is 14.8 Å². The fraction of sp³-hybridized carbons (Fsp3) is 0.409. The van der Waals surface area contributed by atoms with Gasteiger partial charge >= 0.3 is 0 Å². The molecule has 1 unspecified atom stereocenters. The Morgan fingerprint density at radius 3 is 2.59 bits per heavy atom. The molecule has 1 aliphatic heterocycles. The molecule has 0 saturated carbocycles. The number of methoxy groups -OCH3 is 1. The van der Waals surface area contributed by atoms with E-state index in [1.807, 2.05) is 30.3 Å². The van der Waals surface area contributed by atoms with Crippen LogP contribution in [0.15, 0.2) is 53.4 Å². The van der Waals surface area contributed by atoms with Gasteiger partial charge in [0.1, 0.15) is 22.5 Å². The van der Waals surface area contributed by atoms with Gasteiger partial charge in [0.2, 0.25) is 15.9 Å². The number of benzene rings is 2. The minimum absolute atomic E-state index is 0.00918. The number of rotatable bonds is 10. The largest absolute Gasteiger partial charge is 0.495 e. The average molecular weight is 466 g/mol. The van der Waals surface area contributed by atoms with Gasteiger partial charge in [-0.1, -0.05) is 30.3 Å². The number of halogens is 1. The summed E-state index contributed by atoms with van der Waals surface area (Å²) in [5, 5.41) is 2.81. The molecule has 174 valence electrons. The predicted molar refractivity (Wildman–Crippen MR) is 117 cm³/mol. The third kappa shape index (κ3) is 6.73. The maximum absolute atomic E-state index is 13.8. The van der Waals surface area contributed by atoms with Crippen molar-refractivity contribution < 1.29 is 27.1 Å². The number of hydrogen-bond acceptors (Lipinski definition) is 6. The molecule has 0 bridgehead atoms. The molecule has 2 aromatic carbocycles. The summed E-state index contributed by atoms with van der Waals surface area (Å²) in [7, 11) is -2.94. The maximum Gasteiger partial charge on any atom is 0.245 e. The van der Waals surface area contributed by atoms with Crippen LogP contribution in [0.3, 0.4) is 0 Å². The third-order valence-electron chi connectivity index (χ3n) is 5.14. The van der Waals surface area contributed by atoms with Crippen LogP contribution in [0.25, 0.3) is 0 Å². The van der Waals surface area contributed by atoms with E-state index in [-0.39, 0.29) is 17.1 Å². The zero-order valence-corrected chi connectivity index (χ0v) is 18.7. The Hall–Kier alpha value is -2.53. The van der Waals surface area contributed by atoms with E-state index >= 15 is 0 Å². The minimum atomic E-state index is -4.24. The number of carbonyl (C=O) groups is 1. The molecule has 3 rings (SSSR count). The van der Waals surface area contributed by atoms with E-state index in [0.29, 0.717) is 26.3 Å². The lowest BCUT2D eigenvalue weighted by molar-refractivity contribution is -0.122. The lowest BCUT2D eigenvalue weighted by atomic mass is 10.1. The average Bonchev–Trinajstić information content (AvgIpc) is 2.80. The van der Waals surface area contributed by atoms with Gasteiger partial charge in [-0.2, -0.15) is 4.72 Å². The first-order valence-corrected chi connectivity index (χ1v) is 11.8. The van der Waals surface area contributed by atoms with E-state index in [4.69, 9.17) is 9.47 Å². The predicted octanol–water partition coefficient (Wildman–Crippen LogP) is 1.17. The Morgan fingerprint density at radius 1 is 1.19 bits per heavy atom. The zero-order chi connectivity index (χ0) is 23.0. The first-order valence-electron chi connectivity index (χ1n) is 10.4. The zero-order valence-electron chi connectivity index (χ0n) is 17.9. The number of hydrogen-bond donors (Lipinski definition) is 2. The molecule has 1 aliphatic rings. The second-order valence-electron chi connectivity index (χ2n) is 7.40. The number of ether oxygens (including phenoxy) is 2. The van der Waals surface area contributed by atoms with Crippen molar-refractivity contribution in [2.45, 2.75) is 17.4 Å². The maximum atomic E-state index is 13.8. The van der Waals surface area contributed by atoms with Crippen LogP contribution in [0.4, 0.5) is 4.39 Å². The van der Waals surface area contributed by atoms with Gasteiger partial charge in [0.15, 0.2) is 0 Å². The van der Waals surface area contributed by atoms with E-state index in [0.717, 1.165) is 30.8 Å². The van der Waals surface area contributed by atoms with Gasteiger partial charge in [-0.3, -0.25) is 9.69 Å². The molecule has 2 N–H and O–H groups in total. The molecule has 1 heterocycles. The molecular weight excluding hydrogens is 437 g/mol. The fourth-order valence-corrected chi connectivity index (χ4v) is 4.81. The third-order valence-corrected chi connectivity index (χ3v) is 6.64. The molecule has 0 aromatic heterocycles. The Morgan fingerprint density at radius 2 is 1.91 bits per heavy atom. The van der Waals surface area contributed by atoms with E-state index in [1.165, 1.54) is 13.2 Å². The van der Waals surface area contributed by atoms with Gasteiger partial charge < -0.3 is 14.8 Å². The van der Waals surface area contributed by atoms with E-state index < -0.39 is 27.8 Å². The van der Waals surface area contributed by atoms with Crippen molar-refractivity contribution in [2.75, 3.05) is 46.5 Å². The number of nitrogens with one attached hydrogen (secondary N) is 2. The van der Waals surface area contributed by atoms with Crippen LogP contribution in [0.1, 0.15) is 5.56 Å². The molecule has 1 amide bonds. The van der Waals surface area contributed by atoms with E-state index in [2.05, 4.69) is 14.9 Å². The van der Waals surface area contributed by atoms with E-state index in [9.17, 15) is 17.6 Å². The lowest BCUT2D eigenvalue weighted by Gasteiger charge is -2.27. The van der Waals surface area contributed by atoms with Crippen molar-refractivity contribution in [1.29, 1.82) is 0 Å². The summed E-state index contributed by atoms with van der Waals surface area (Å²) in [6.45, 7) is 3.89. The monoisotopic (exact) mass is 465 g/mol. The van der Waals surface area contributed by atoms with Crippen LogP contribution in [0, 0.1) is 5.82 Å². The molecule has 0 spiro atoms. The topological polar surface area (TPSA) is 97.0 Å². The summed E-state index contributed by atoms with van der Waals surface area (Å²) in [6, 6.07) is 11.2. The Kier molecular flexibility index (Phi) is 8.57. The first-order chi connectivity index (χ1) is 15.4. The number of nitrogens with zero attached hydrogens (tertiary/aromatic N) is 1. The van der Waals surface area contributed by atoms with Crippen LogP contribution in [0.2, 0.25) is 0 Å². The SMILES string of the molecule is COc1ccc(F)cc1S(=O)(=O)NC(Cc1ccccc1)C(=O)NCCN1CCOCC1. The fourth-order valence-electron chi connectivity index (χ4n) is 3.43. The van der Waals surface area contributed by atoms with Crippen molar-refractivity contribution in [2.24, 2.45) is 0 Å². The Bertz CT molecular complexity index is 998. The van der Waals surface area contributed by atoms with Gasteiger partial charge in [0, 0.05) is 26.2 Å². The van der Waals surface area contributed by atoms with Crippen molar-refractivity contribution >= 4 is 15.9 Å². The summed E-state index contributed by atoms with van der Waals surface area (Å²) < 4.78 is 52.6. The first kappa shape index (κ1) is 24.1. The molecule has 2 aromatic rings. The van der Waals surface area contributed by atoms with Crippen molar-refractivity contribution in [3.63, 3.8) is 0 Å². The summed E-state index contributed by atoms with van der Waals surface area (Å²) in [5.74, 6) is -1.19. The Balaban J connectivity index is 1.74. The molecule has 1 saturated heterocycles. The minimum Gasteiger partial charge on any atom is -0.495 e. The lowest BCUT2D eigenvalue weighted by Crippen LogP contribution is -2.50. The Labute approximate surface area is 187 Å². The quantitative estimate of drug-likeness (QED) is 0.547. The molecule has 1 fully saturated rings. The van der Waals surface area contributed by atoms with Gasteiger partial charge in [-0.15, -0.1) is 0 Å². The number of amides is 1. The second kappa shape index (κ2) is 11.4. The smallest absolute Gasteiger partial charge is 0.245 e. The van der Waals surface area contributed by atoms with Gasteiger partial charge in [-0.05, 0) is 30.2 Å². The highest BCUT2D eigenvalue weighted by Gasteiger charge is 2.28. The van der Waals surface area contributed by atoms with Crippen LogP contribution in [-0.2, 0) is 26.0 Å². The van der Waals surface area contributed by atoms with Gasteiger partial charge in [0.05, 0.1) is 20.3 Å². The summed E-state index contributed by atoms with van der Waals surface area (Å²) in [4.78, 5) is 14.7. The van der Waals surface area contributed by atoms with Crippen LogP contribution in [0.5, 0.6) is 5.75 Å². The summed E-state index contributed by atoms with van der Waals surface area (Å²) in [5.41, 5.74) is 0.787. The van der Waals surface area contributed by atoms with Crippen molar-refractivity contribution in [3.05, 3.63) is 59.9 Å². The molecule has 10 heteroatoms. The number of morpholine rings is 1.